The van der Waals surface area contributed by atoms with Crippen molar-refractivity contribution < 1.29 is 4.42 Å². The second kappa shape index (κ2) is 3.52. The summed E-state index contributed by atoms with van der Waals surface area (Å²) in [6, 6.07) is 5.61. The summed E-state index contributed by atoms with van der Waals surface area (Å²) in [6.07, 6.45) is 2.99. The molecule has 0 spiro atoms. The Morgan fingerprint density at radius 3 is 2.85 bits per heavy atom. The fourth-order valence-corrected chi connectivity index (χ4v) is 1.51. The average Bonchev–Trinajstić information content (AvgIpc) is 2.62. The molecular formula is C9H5BrClNO. The molecule has 2 nitrogen and oxygen atoms in total. The van der Waals surface area contributed by atoms with E-state index in [0.29, 0.717) is 5.02 Å². The van der Waals surface area contributed by atoms with Gasteiger partial charge in [-0.1, -0.05) is 17.7 Å². The quantitative estimate of drug-likeness (QED) is 0.778. The summed E-state index contributed by atoms with van der Waals surface area (Å²) >= 11 is 9.19. The third kappa shape index (κ3) is 1.76. The van der Waals surface area contributed by atoms with Gasteiger partial charge in [-0.2, -0.15) is 0 Å². The molecular weight excluding hydrogens is 253 g/mol. The van der Waals surface area contributed by atoms with Crippen LogP contribution in [-0.4, -0.2) is 4.98 Å². The SMILES string of the molecule is Clc1ccc(-c2cocn2)cc1Br. The topological polar surface area (TPSA) is 26.0 Å². The zero-order valence-corrected chi connectivity index (χ0v) is 8.84. The maximum Gasteiger partial charge on any atom is 0.181 e. The summed E-state index contributed by atoms with van der Waals surface area (Å²) < 4.78 is 5.74. The van der Waals surface area contributed by atoms with Gasteiger partial charge in [0.15, 0.2) is 6.39 Å². The summed E-state index contributed by atoms with van der Waals surface area (Å²) in [5, 5.41) is 0.687. The van der Waals surface area contributed by atoms with Crippen molar-refractivity contribution in [3.63, 3.8) is 0 Å². The molecule has 0 atom stereocenters. The lowest BCUT2D eigenvalue weighted by Gasteiger charge is -1.98. The highest BCUT2D eigenvalue weighted by atomic mass is 79.9. The lowest BCUT2D eigenvalue weighted by molar-refractivity contribution is 0.558. The van der Waals surface area contributed by atoms with Crippen molar-refractivity contribution in [3.8, 4) is 11.3 Å². The molecule has 0 aliphatic rings. The van der Waals surface area contributed by atoms with Gasteiger partial charge >= 0.3 is 0 Å². The fourth-order valence-electron chi connectivity index (χ4n) is 1.01. The first-order valence-electron chi connectivity index (χ1n) is 3.61. The van der Waals surface area contributed by atoms with E-state index in [1.165, 1.54) is 6.39 Å². The van der Waals surface area contributed by atoms with Crippen molar-refractivity contribution in [1.82, 2.24) is 4.98 Å². The van der Waals surface area contributed by atoms with Gasteiger partial charge in [-0.25, -0.2) is 4.98 Å². The van der Waals surface area contributed by atoms with Crippen LogP contribution in [-0.2, 0) is 0 Å². The number of aromatic nitrogens is 1. The summed E-state index contributed by atoms with van der Waals surface area (Å²) in [6.45, 7) is 0. The van der Waals surface area contributed by atoms with Gasteiger partial charge in [-0.05, 0) is 28.1 Å². The Morgan fingerprint density at radius 1 is 1.38 bits per heavy atom. The largest absolute Gasteiger partial charge is 0.451 e. The molecule has 0 radical (unpaired) electrons. The van der Waals surface area contributed by atoms with Crippen molar-refractivity contribution in [3.05, 3.63) is 40.4 Å². The fraction of sp³-hybridized carbons (Fsp3) is 0. The molecule has 4 heteroatoms. The van der Waals surface area contributed by atoms with E-state index >= 15 is 0 Å². The number of rotatable bonds is 1. The second-order valence-electron chi connectivity index (χ2n) is 2.50. The Kier molecular flexibility index (Phi) is 2.38. The van der Waals surface area contributed by atoms with Crippen molar-refractivity contribution in [1.29, 1.82) is 0 Å². The van der Waals surface area contributed by atoms with Crippen LogP contribution in [0.25, 0.3) is 11.3 Å². The maximum absolute atomic E-state index is 5.85. The first kappa shape index (κ1) is 8.78. The summed E-state index contributed by atoms with van der Waals surface area (Å²) in [4.78, 5) is 4.03. The normalized spacial score (nSPS) is 10.3. The summed E-state index contributed by atoms with van der Waals surface area (Å²) in [5.74, 6) is 0. The molecule has 0 N–H and O–H groups in total. The van der Waals surface area contributed by atoms with Crippen LogP contribution in [0.1, 0.15) is 0 Å². The molecule has 0 aliphatic carbocycles. The van der Waals surface area contributed by atoms with Crippen LogP contribution in [0, 0.1) is 0 Å². The van der Waals surface area contributed by atoms with Gasteiger partial charge in [0, 0.05) is 10.0 Å². The molecule has 0 unspecified atom stereocenters. The third-order valence-corrected chi connectivity index (χ3v) is 2.86. The molecule has 0 fully saturated rings. The Morgan fingerprint density at radius 2 is 2.23 bits per heavy atom. The first-order chi connectivity index (χ1) is 6.27. The van der Waals surface area contributed by atoms with E-state index in [4.69, 9.17) is 16.0 Å². The molecule has 66 valence electrons. The van der Waals surface area contributed by atoms with Crippen LogP contribution in [0.15, 0.2) is 39.7 Å². The van der Waals surface area contributed by atoms with E-state index in [0.717, 1.165) is 15.7 Å². The molecule has 0 aliphatic heterocycles. The van der Waals surface area contributed by atoms with Gasteiger partial charge in [0.2, 0.25) is 0 Å². The molecule has 2 aromatic rings. The summed E-state index contributed by atoms with van der Waals surface area (Å²) in [5.41, 5.74) is 1.78. The van der Waals surface area contributed by atoms with Gasteiger partial charge in [0.05, 0.1) is 5.02 Å². The van der Waals surface area contributed by atoms with Crippen LogP contribution < -0.4 is 0 Å². The zero-order valence-electron chi connectivity index (χ0n) is 6.50. The van der Waals surface area contributed by atoms with Crippen molar-refractivity contribution in [2.75, 3.05) is 0 Å². The standard InChI is InChI=1S/C9H5BrClNO/c10-7-3-6(1-2-8(7)11)9-4-13-5-12-9/h1-5H. The molecule has 1 aromatic carbocycles. The number of benzene rings is 1. The van der Waals surface area contributed by atoms with E-state index in [1.54, 1.807) is 6.26 Å². The van der Waals surface area contributed by atoms with Gasteiger partial charge in [-0.3, -0.25) is 0 Å². The Hall–Kier alpha value is -0.800. The average molecular weight is 259 g/mol. The van der Waals surface area contributed by atoms with E-state index in [-0.39, 0.29) is 0 Å². The predicted octanol–water partition coefficient (Wildman–Crippen LogP) is 3.76. The highest BCUT2D eigenvalue weighted by Crippen LogP contribution is 2.27. The minimum Gasteiger partial charge on any atom is -0.451 e. The van der Waals surface area contributed by atoms with Gasteiger partial charge in [0.25, 0.3) is 0 Å². The Bertz CT molecular complexity index is 414. The van der Waals surface area contributed by atoms with Crippen LogP contribution >= 0.6 is 27.5 Å². The molecule has 0 amide bonds. The molecule has 0 saturated heterocycles. The number of halogens is 2. The number of hydrogen-bond acceptors (Lipinski definition) is 2. The Labute approximate surface area is 88.7 Å². The Balaban J connectivity index is 2.49. The van der Waals surface area contributed by atoms with E-state index in [9.17, 15) is 0 Å². The third-order valence-electron chi connectivity index (χ3n) is 1.65. The first-order valence-corrected chi connectivity index (χ1v) is 4.78. The minimum atomic E-state index is 0.687. The lowest BCUT2D eigenvalue weighted by Crippen LogP contribution is -1.77. The lowest BCUT2D eigenvalue weighted by atomic mass is 10.2. The van der Waals surface area contributed by atoms with Crippen molar-refractivity contribution >= 4 is 27.5 Å². The highest BCUT2D eigenvalue weighted by molar-refractivity contribution is 9.10. The van der Waals surface area contributed by atoms with E-state index < -0.39 is 0 Å². The molecule has 2 rings (SSSR count). The number of hydrogen-bond donors (Lipinski definition) is 0. The molecule has 0 saturated carbocycles. The molecule has 13 heavy (non-hydrogen) atoms. The maximum atomic E-state index is 5.85. The second-order valence-corrected chi connectivity index (χ2v) is 3.76. The van der Waals surface area contributed by atoms with E-state index in [1.807, 2.05) is 18.2 Å². The highest BCUT2D eigenvalue weighted by Gasteiger charge is 2.03. The molecule has 0 bridgehead atoms. The summed E-state index contributed by atoms with van der Waals surface area (Å²) in [7, 11) is 0. The van der Waals surface area contributed by atoms with Gasteiger partial charge in [0.1, 0.15) is 12.0 Å². The van der Waals surface area contributed by atoms with Crippen LogP contribution in [0.5, 0.6) is 0 Å². The van der Waals surface area contributed by atoms with Crippen LogP contribution in [0.4, 0.5) is 0 Å². The van der Waals surface area contributed by atoms with Crippen molar-refractivity contribution in [2.24, 2.45) is 0 Å². The minimum absolute atomic E-state index is 0.687. The predicted molar refractivity (Wildman–Crippen MR) is 54.6 cm³/mol. The van der Waals surface area contributed by atoms with Crippen LogP contribution in [0.3, 0.4) is 0 Å². The molecule has 1 heterocycles. The smallest absolute Gasteiger partial charge is 0.181 e. The van der Waals surface area contributed by atoms with Crippen molar-refractivity contribution in [2.45, 2.75) is 0 Å². The molecule has 1 aromatic heterocycles. The van der Waals surface area contributed by atoms with Gasteiger partial charge in [-0.15, -0.1) is 0 Å². The van der Waals surface area contributed by atoms with Crippen LogP contribution in [0.2, 0.25) is 5.02 Å². The number of nitrogens with zero attached hydrogens (tertiary/aromatic N) is 1. The number of oxazole rings is 1. The van der Waals surface area contributed by atoms with E-state index in [2.05, 4.69) is 20.9 Å². The zero-order chi connectivity index (χ0) is 9.26. The van der Waals surface area contributed by atoms with Gasteiger partial charge < -0.3 is 4.42 Å². The monoisotopic (exact) mass is 257 g/mol.